The van der Waals surface area contributed by atoms with E-state index in [0.29, 0.717) is 0 Å². The molecule has 2 aromatic heterocycles. The van der Waals surface area contributed by atoms with E-state index in [1.165, 1.54) is 11.1 Å². The summed E-state index contributed by atoms with van der Waals surface area (Å²) in [7, 11) is 0. The molecule has 4 heteroatoms. The Morgan fingerprint density at radius 1 is 1.27 bits per heavy atom. The number of hydrogen-bond donors (Lipinski definition) is 1. The van der Waals surface area contributed by atoms with Crippen molar-refractivity contribution in [2.45, 2.75) is 19.9 Å². The van der Waals surface area contributed by atoms with Crippen LogP contribution < -0.4 is 5.73 Å². The first-order valence-electron chi connectivity index (χ1n) is 4.63. The van der Waals surface area contributed by atoms with Gasteiger partial charge in [0.2, 0.25) is 0 Å². The Bertz CT molecular complexity index is 453. The number of halogens is 1. The van der Waals surface area contributed by atoms with Gasteiger partial charge in [-0.1, -0.05) is 11.6 Å². The molecule has 2 heterocycles. The van der Waals surface area contributed by atoms with Crippen LogP contribution in [0.3, 0.4) is 0 Å². The van der Waals surface area contributed by atoms with Crippen LogP contribution in [-0.4, -0.2) is 0 Å². The molecule has 0 saturated heterocycles. The lowest BCUT2D eigenvalue weighted by molar-refractivity contribution is 0.889. The summed E-state index contributed by atoms with van der Waals surface area (Å²) in [5.41, 5.74) is 9.78. The fraction of sp³-hybridized carbons (Fsp3) is 0.273. The van der Waals surface area contributed by atoms with E-state index in [-0.39, 0.29) is 6.04 Å². The zero-order chi connectivity index (χ0) is 11.0. The molecule has 1 atom stereocenters. The lowest BCUT2D eigenvalue weighted by atomic mass is 10.1. The summed E-state index contributed by atoms with van der Waals surface area (Å²) >= 11 is 9.31. The van der Waals surface area contributed by atoms with Gasteiger partial charge in [0, 0.05) is 4.88 Å². The maximum Gasteiger partial charge on any atom is 0.0961 e. The molecule has 2 aromatic rings. The fourth-order valence-corrected chi connectivity index (χ4v) is 3.60. The summed E-state index contributed by atoms with van der Waals surface area (Å²) in [5.74, 6) is 0. The maximum absolute atomic E-state index is 6.20. The molecule has 0 amide bonds. The molecule has 2 N–H and O–H groups in total. The number of nitrogens with two attached hydrogens (primary N) is 1. The van der Waals surface area contributed by atoms with E-state index in [2.05, 4.69) is 23.8 Å². The molecular formula is C11H12ClNS2. The molecule has 0 aromatic carbocycles. The van der Waals surface area contributed by atoms with E-state index < -0.39 is 0 Å². The van der Waals surface area contributed by atoms with Crippen molar-refractivity contribution >= 4 is 34.3 Å². The molecule has 0 aliphatic rings. The molecule has 1 nitrogen and oxygen atoms in total. The normalized spacial score (nSPS) is 13.1. The zero-order valence-corrected chi connectivity index (χ0v) is 11.0. The first-order chi connectivity index (χ1) is 7.09. The fourth-order valence-electron chi connectivity index (χ4n) is 1.48. The van der Waals surface area contributed by atoms with Gasteiger partial charge in [-0.2, -0.15) is 11.3 Å². The molecule has 2 rings (SSSR count). The van der Waals surface area contributed by atoms with Gasteiger partial charge in [-0.15, -0.1) is 11.3 Å². The third-order valence-corrected chi connectivity index (χ3v) is 4.93. The molecule has 80 valence electrons. The molecule has 0 saturated carbocycles. The van der Waals surface area contributed by atoms with Crippen LogP contribution in [0.4, 0.5) is 0 Å². The summed E-state index contributed by atoms with van der Waals surface area (Å²) in [6, 6.07) is 2.04. The van der Waals surface area contributed by atoms with Crippen molar-refractivity contribution in [1.29, 1.82) is 0 Å². The van der Waals surface area contributed by atoms with E-state index in [1.807, 2.05) is 6.92 Å². The third-order valence-electron chi connectivity index (χ3n) is 2.41. The van der Waals surface area contributed by atoms with E-state index in [1.54, 1.807) is 22.7 Å². The van der Waals surface area contributed by atoms with Crippen LogP contribution in [0.2, 0.25) is 4.34 Å². The maximum atomic E-state index is 6.20. The number of rotatable bonds is 2. The van der Waals surface area contributed by atoms with Crippen molar-refractivity contribution in [2.24, 2.45) is 5.73 Å². The van der Waals surface area contributed by atoms with E-state index in [0.717, 1.165) is 14.8 Å². The SMILES string of the molecule is Cc1cscc1C(N)c1cc(C)c(Cl)s1. The van der Waals surface area contributed by atoms with Gasteiger partial charge in [-0.3, -0.25) is 0 Å². The number of hydrogen-bond acceptors (Lipinski definition) is 3. The predicted molar refractivity (Wildman–Crippen MR) is 69.2 cm³/mol. The van der Waals surface area contributed by atoms with Crippen LogP contribution >= 0.6 is 34.3 Å². The van der Waals surface area contributed by atoms with Crippen molar-refractivity contribution < 1.29 is 0 Å². The molecule has 1 unspecified atom stereocenters. The smallest absolute Gasteiger partial charge is 0.0961 e. The number of aryl methyl sites for hydroxylation is 2. The van der Waals surface area contributed by atoms with Crippen molar-refractivity contribution in [3.8, 4) is 0 Å². The highest BCUT2D eigenvalue weighted by Crippen LogP contribution is 2.34. The third kappa shape index (κ3) is 2.11. The van der Waals surface area contributed by atoms with Crippen LogP contribution in [-0.2, 0) is 0 Å². The van der Waals surface area contributed by atoms with Gasteiger partial charge in [0.05, 0.1) is 10.4 Å². The van der Waals surface area contributed by atoms with E-state index in [9.17, 15) is 0 Å². The minimum Gasteiger partial charge on any atom is -0.320 e. The molecule has 0 spiro atoms. The molecule has 0 bridgehead atoms. The molecular weight excluding hydrogens is 246 g/mol. The topological polar surface area (TPSA) is 26.0 Å². The second kappa shape index (κ2) is 4.26. The molecule has 15 heavy (non-hydrogen) atoms. The van der Waals surface area contributed by atoms with Gasteiger partial charge in [0.25, 0.3) is 0 Å². The second-order valence-corrected chi connectivity index (χ2v) is 6.02. The summed E-state index contributed by atoms with van der Waals surface area (Å²) in [4.78, 5) is 1.14. The zero-order valence-electron chi connectivity index (χ0n) is 8.58. The lowest BCUT2D eigenvalue weighted by Crippen LogP contribution is -2.10. The number of thiophene rings is 2. The van der Waals surface area contributed by atoms with Crippen LogP contribution in [0.15, 0.2) is 16.8 Å². The van der Waals surface area contributed by atoms with E-state index in [4.69, 9.17) is 17.3 Å². The van der Waals surface area contributed by atoms with Gasteiger partial charge in [0.1, 0.15) is 0 Å². The van der Waals surface area contributed by atoms with Gasteiger partial charge >= 0.3 is 0 Å². The molecule has 0 radical (unpaired) electrons. The first kappa shape index (κ1) is 11.1. The van der Waals surface area contributed by atoms with Gasteiger partial charge < -0.3 is 5.73 Å². The average molecular weight is 258 g/mol. The average Bonchev–Trinajstić information content (AvgIpc) is 2.74. The molecule has 0 aliphatic heterocycles. The molecule has 0 aliphatic carbocycles. The lowest BCUT2D eigenvalue weighted by Gasteiger charge is -2.08. The Morgan fingerprint density at radius 3 is 2.47 bits per heavy atom. The standard InChI is InChI=1S/C11H12ClNS2/c1-6-3-9(15-11(6)12)10(13)8-5-14-4-7(8)2/h3-5,10H,13H2,1-2H3. The van der Waals surface area contributed by atoms with Crippen LogP contribution in [0.25, 0.3) is 0 Å². The first-order valence-corrected chi connectivity index (χ1v) is 6.77. The van der Waals surface area contributed by atoms with Gasteiger partial charge in [0.15, 0.2) is 0 Å². The van der Waals surface area contributed by atoms with Crippen molar-refractivity contribution in [2.75, 3.05) is 0 Å². The predicted octanol–water partition coefficient (Wildman–Crippen LogP) is 4.13. The monoisotopic (exact) mass is 257 g/mol. The van der Waals surface area contributed by atoms with Gasteiger partial charge in [-0.25, -0.2) is 0 Å². The highest BCUT2D eigenvalue weighted by molar-refractivity contribution is 7.16. The van der Waals surface area contributed by atoms with Crippen LogP contribution in [0, 0.1) is 13.8 Å². The highest BCUT2D eigenvalue weighted by atomic mass is 35.5. The van der Waals surface area contributed by atoms with Crippen LogP contribution in [0.1, 0.15) is 27.6 Å². The Hall–Kier alpha value is -0.350. The highest BCUT2D eigenvalue weighted by Gasteiger charge is 2.15. The Morgan fingerprint density at radius 2 is 2.00 bits per heavy atom. The van der Waals surface area contributed by atoms with Crippen molar-refractivity contribution in [3.05, 3.63) is 42.7 Å². The van der Waals surface area contributed by atoms with Crippen LogP contribution in [0.5, 0.6) is 0 Å². The Labute approximate surface area is 103 Å². The summed E-state index contributed by atoms with van der Waals surface area (Å²) in [6.45, 7) is 4.10. The second-order valence-electron chi connectivity index (χ2n) is 3.59. The summed E-state index contributed by atoms with van der Waals surface area (Å²) in [5, 5.41) is 4.24. The molecule has 0 fully saturated rings. The van der Waals surface area contributed by atoms with Crippen molar-refractivity contribution in [3.63, 3.8) is 0 Å². The minimum absolute atomic E-state index is 0.0348. The van der Waals surface area contributed by atoms with E-state index >= 15 is 0 Å². The summed E-state index contributed by atoms with van der Waals surface area (Å²) in [6.07, 6.45) is 0. The quantitative estimate of drug-likeness (QED) is 0.860. The minimum atomic E-state index is -0.0348. The van der Waals surface area contributed by atoms with Gasteiger partial charge in [-0.05, 0) is 47.4 Å². The largest absolute Gasteiger partial charge is 0.320 e. The Kier molecular flexibility index (Phi) is 3.16. The Balaban J connectivity index is 2.36. The summed E-state index contributed by atoms with van der Waals surface area (Å²) < 4.78 is 0.841. The van der Waals surface area contributed by atoms with Crippen molar-refractivity contribution in [1.82, 2.24) is 0 Å².